The average Bonchev–Trinajstić information content (AvgIpc) is 2.22. The van der Waals surface area contributed by atoms with Gasteiger partial charge in [-0.25, -0.2) is 0 Å². The van der Waals surface area contributed by atoms with Crippen LogP contribution in [0.5, 0.6) is 0 Å². The van der Waals surface area contributed by atoms with Crippen molar-refractivity contribution in [1.82, 2.24) is 16.3 Å². The van der Waals surface area contributed by atoms with Gasteiger partial charge in [-0.2, -0.15) is 31.5 Å². The highest BCUT2D eigenvalue weighted by molar-refractivity contribution is 5.74. The summed E-state index contributed by atoms with van der Waals surface area (Å²) in [6.45, 7) is -2.17. The summed E-state index contributed by atoms with van der Waals surface area (Å²) in [6.07, 6.45) is -9.55. The minimum absolute atomic E-state index is 0.122. The molecule has 0 aliphatic heterocycles. The van der Waals surface area contributed by atoms with Crippen LogP contribution < -0.4 is 11.2 Å². The van der Waals surface area contributed by atoms with Gasteiger partial charge >= 0.3 is 12.4 Å². The van der Waals surface area contributed by atoms with E-state index in [1.807, 2.05) is 0 Å². The fourth-order valence-corrected chi connectivity index (χ4v) is 0.636. The summed E-state index contributed by atoms with van der Waals surface area (Å²) in [5, 5.41) is 0.122. The molecule has 114 valence electrons. The fraction of sp³-hybridized carbons (Fsp3) is 0.857. The maximum absolute atomic E-state index is 11.7. The van der Waals surface area contributed by atoms with Gasteiger partial charge in [-0.05, 0) is 0 Å². The molecule has 0 saturated heterocycles. The molecule has 12 heteroatoms. The van der Waals surface area contributed by atoms with Crippen molar-refractivity contribution in [2.75, 3.05) is 13.2 Å². The molecule has 2 N–H and O–H groups in total. The molecular formula is C7H11F6N3O3. The predicted octanol–water partition coefficient (Wildman–Crippen LogP) is 1.22. The average molecular weight is 299 g/mol. The van der Waals surface area contributed by atoms with Gasteiger partial charge in [-0.1, -0.05) is 18.1 Å². The predicted molar refractivity (Wildman–Crippen MR) is 47.4 cm³/mol. The monoisotopic (exact) mass is 299 g/mol. The first-order valence-electron chi connectivity index (χ1n) is 4.76. The molecule has 0 rings (SSSR count). The van der Waals surface area contributed by atoms with Crippen LogP contribution in [0.3, 0.4) is 0 Å². The lowest BCUT2D eigenvalue weighted by atomic mass is 10.5. The van der Waals surface area contributed by atoms with Crippen LogP contribution in [0.25, 0.3) is 0 Å². The minimum atomic E-state index is -4.67. The normalized spacial score (nSPS) is 12.6. The number of hydrogen-bond donors (Lipinski definition) is 2. The van der Waals surface area contributed by atoms with Crippen molar-refractivity contribution in [3.8, 4) is 0 Å². The van der Waals surface area contributed by atoms with Crippen molar-refractivity contribution in [3.05, 3.63) is 0 Å². The summed E-state index contributed by atoms with van der Waals surface area (Å²) < 4.78 is 70.4. The smallest absolute Gasteiger partial charge is 0.272 e. The molecule has 19 heavy (non-hydrogen) atoms. The second-order valence-corrected chi connectivity index (χ2v) is 3.07. The molecule has 0 aromatic rings. The van der Waals surface area contributed by atoms with Crippen LogP contribution in [0, 0.1) is 0 Å². The summed E-state index contributed by atoms with van der Waals surface area (Å²) in [5.74, 6) is -0.899. The highest BCUT2D eigenvalue weighted by Crippen LogP contribution is 2.14. The molecule has 0 spiro atoms. The van der Waals surface area contributed by atoms with Gasteiger partial charge in [0.05, 0.1) is 0 Å². The van der Waals surface area contributed by atoms with E-state index >= 15 is 0 Å². The SMILES string of the molecule is CCC(=O)N(NOCC(F)(F)F)NOCC(F)(F)F. The van der Waals surface area contributed by atoms with E-state index in [9.17, 15) is 31.1 Å². The molecular weight excluding hydrogens is 288 g/mol. The van der Waals surface area contributed by atoms with Crippen molar-refractivity contribution < 1.29 is 40.8 Å². The Hall–Kier alpha value is -1.11. The van der Waals surface area contributed by atoms with Gasteiger partial charge in [0.1, 0.15) is 0 Å². The minimum Gasteiger partial charge on any atom is -0.272 e. The number of carbonyl (C=O) groups excluding carboxylic acids is 1. The van der Waals surface area contributed by atoms with E-state index in [0.717, 1.165) is 0 Å². The van der Waals surface area contributed by atoms with Gasteiger partial charge < -0.3 is 0 Å². The highest BCUT2D eigenvalue weighted by Gasteiger charge is 2.30. The molecule has 0 atom stereocenters. The van der Waals surface area contributed by atoms with Crippen molar-refractivity contribution in [2.24, 2.45) is 0 Å². The summed E-state index contributed by atoms with van der Waals surface area (Å²) >= 11 is 0. The molecule has 0 radical (unpaired) electrons. The Morgan fingerprint density at radius 1 is 1.00 bits per heavy atom. The standard InChI is InChI=1S/C7H11F6N3O3/c1-2-5(17)16(14-18-3-6(8,9)10)15-19-4-7(11,12)13/h14-15H,2-4H2,1H3. The lowest BCUT2D eigenvalue weighted by Gasteiger charge is -2.22. The quantitative estimate of drug-likeness (QED) is 0.547. The molecule has 0 bridgehead atoms. The number of carbonyl (C=O) groups is 1. The zero-order valence-corrected chi connectivity index (χ0v) is 9.56. The van der Waals surface area contributed by atoms with Crippen molar-refractivity contribution in [2.45, 2.75) is 25.7 Å². The maximum atomic E-state index is 11.7. The Labute approximate surface area is 103 Å². The van der Waals surface area contributed by atoms with Crippen LogP contribution in [0.1, 0.15) is 13.3 Å². The topological polar surface area (TPSA) is 62.8 Å². The second kappa shape index (κ2) is 7.47. The van der Waals surface area contributed by atoms with Gasteiger partial charge in [-0.15, -0.1) is 0 Å². The van der Waals surface area contributed by atoms with E-state index in [4.69, 9.17) is 0 Å². The maximum Gasteiger partial charge on any atom is 0.413 e. The van der Waals surface area contributed by atoms with E-state index in [0.29, 0.717) is 0 Å². The van der Waals surface area contributed by atoms with E-state index in [-0.39, 0.29) is 11.5 Å². The Kier molecular flexibility index (Phi) is 7.04. The summed E-state index contributed by atoms with van der Waals surface area (Å²) in [4.78, 5) is 18.8. The molecule has 0 aromatic heterocycles. The number of hydrazine groups is 2. The zero-order valence-electron chi connectivity index (χ0n) is 9.56. The second-order valence-electron chi connectivity index (χ2n) is 3.07. The molecule has 0 aliphatic carbocycles. The van der Waals surface area contributed by atoms with Crippen LogP contribution in [0.4, 0.5) is 26.3 Å². The first-order chi connectivity index (χ1) is 8.55. The van der Waals surface area contributed by atoms with Gasteiger partial charge in [0.15, 0.2) is 13.2 Å². The first kappa shape index (κ1) is 17.9. The fourth-order valence-electron chi connectivity index (χ4n) is 0.636. The molecule has 0 saturated carbocycles. The lowest BCUT2D eigenvalue weighted by molar-refractivity contribution is -0.258. The van der Waals surface area contributed by atoms with E-state index in [1.165, 1.54) is 18.1 Å². The van der Waals surface area contributed by atoms with E-state index < -0.39 is 31.5 Å². The lowest BCUT2D eigenvalue weighted by Crippen LogP contribution is -2.52. The van der Waals surface area contributed by atoms with Crippen molar-refractivity contribution >= 4 is 5.91 Å². The van der Waals surface area contributed by atoms with Gasteiger partial charge in [-0.3, -0.25) is 14.5 Å². The molecule has 1 amide bonds. The van der Waals surface area contributed by atoms with Gasteiger partial charge in [0, 0.05) is 6.42 Å². The number of hydrogen-bond acceptors (Lipinski definition) is 5. The van der Waals surface area contributed by atoms with Crippen LogP contribution in [-0.4, -0.2) is 36.6 Å². The molecule has 0 aromatic carbocycles. The summed E-state index contributed by atoms with van der Waals surface area (Å²) in [7, 11) is 0. The Morgan fingerprint density at radius 2 is 1.37 bits per heavy atom. The summed E-state index contributed by atoms with van der Waals surface area (Å²) in [5.41, 5.74) is 2.95. The summed E-state index contributed by atoms with van der Waals surface area (Å²) in [6, 6.07) is 0. The Bertz CT molecular complexity index is 262. The van der Waals surface area contributed by atoms with Crippen LogP contribution in [0.2, 0.25) is 0 Å². The van der Waals surface area contributed by atoms with E-state index in [2.05, 4.69) is 9.68 Å². The number of amides is 1. The zero-order chi connectivity index (χ0) is 15.1. The number of rotatable bonds is 7. The number of halogens is 6. The van der Waals surface area contributed by atoms with Crippen molar-refractivity contribution in [3.63, 3.8) is 0 Å². The third-order valence-corrected chi connectivity index (χ3v) is 1.34. The van der Waals surface area contributed by atoms with Crippen LogP contribution in [-0.2, 0) is 14.5 Å². The Balaban J connectivity index is 4.14. The van der Waals surface area contributed by atoms with E-state index in [1.54, 1.807) is 0 Å². The largest absolute Gasteiger partial charge is 0.413 e. The molecule has 6 nitrogen and oxygen atoms in total. The number of nitrogens with zero attached hydrogens (tertiary/aromatic N) is 1. The third-order valence-electron chi connectivity index (χ3n) is 1.34. The Morgan fingerprint density at radius 3 is 1.63 bits per heavy atom. The van der Waals surface area contributed by atoms with Crippen LogP contribution in [0.15, 0.2) is 0 Å². The first-order valence-corrected chi connectivity index (χ1v) is 4.76. The number of alkyl halides is 6. The third kappa shape index (κ3) is 10.5. The van der Waals surface area contributed by atoms with Gasteiger partial charge in [0.2, 0.25) is 0 Å². The van der Waals surface area contributed by atoms with Crippen molar-refractivity contribution in [1.29, 1.82) is 0 Å². The highest BCUT2D eigenvalue weighted by atomic mass is 19.4. The molecule has 0 aliphatic rings. The molecule has 0 heterocycles. The number of nitrogens with one attached hydrogen (secondary N) is 2. The molecule has 0 unspecified atom stereocenters. The molecule has 0 fully saturated rings. The van der Waals surface area contributed by atoms with Crippen LogP contribution >= 0.6 is 0 Å². The van der Waals surface area contributed by atoms with Gasteiger partial charge in [0.25, 0.3) is 5.91 Å².